The summed E-state index contributed by atoms with van der Waals surface area (Å²) in [4.78, 5) is 6.31. The van der Waals surface area contributed by atoms with Gasteiger partial charge >= 0.3 is 0 Å². The molecule has 6 heteroatoms. The normalized spacial score (nSPS) is 11.5. The second-order valence-corrected chi connectivity index (χ2v) is 4.55. The Kier molecular flexibility index (Phi) is 7.25. The molecule has 0 radical (unpaired) electrons. The molecule has 5 nitrogen and oxygen atoms in total. The first-order valence-corrected chi connectivity index (χ1v) is 6.51. The molecule has 0 aliphatic carbocycles. The maximum Gasteiger partial charge on any atom is 0.208 e. The molecular formula is C13H21ClN4O. The average molecular weight is 285 g/mol. The zero-order chi connectivity index (χ0) is 14.1. The van der Waals surface area contributed by atoms with Gasteiger partial charge in [-0.2, -0.15) is 0 Å². The molecule has 0 aromatic heterocycles. The van der Waals surface area contributed by atoms with Gasteiger partial charge in [-0.25, -0.2) is 5.84 Å². The molecule has 0 saturated heterocycles. The van der Waals surface area contributed by atoms with Gasteiger partial charge in [0.2, 0.25) is 5.96 Å². The van der Waals surface area contributed by atoms with Gasteiger partial charge in [0.1, 0.15) is 0 Å². The Labute approximate surface area is 119 Å². The SMILES string of the molecule is COCCCN=C(NN)N(C)Cc1ccccc1Cl. The van der Waals surface area contributed by atoms with Crippen molar-refractivity contribution in [3.05, 3.63) is 34.9 Å². The van der Waals surface area contributed by atoms with Crippen molar-refractivity contribution in [2.24, 2.45) is 10.8 Å². The Hall–Kier alpha value is -1.30. The number of guanidine groups is 1. The molecule has 0 atom stereocenters. The number of nitrogens with two attached hydrogens (primary N) is 1. The van der Waals surface area contributed by atoms with Gasteiger partial charge < -0.3 is 9.64 Å². The molecule has 0 aliphatic rings. The van der Waals surface area contributed by atoms with Crippen LogP contribution < -0.4 is 11.3 Å². The Morgan fingerprint density at radius 1 is 1.47 bits per heavy atom. The molecule has 0 unspecified atom stereocenters. The molecule has 0 bridgehead atoms. The number of hydrazine groups is 1. The zero-order valence-corrected chi connectivity index (χ0v) is 12.2. The van der Waals surface area contributed by atoms with Crippen LogP contribution in [0.25, 0.3) is 0 Å². The first-order chi connectivity index (χ1) is 9.19. The summed E-state index contributed by atoms with van der Waals surface area (Å²) in [5.74, 6) is 6.13. The van der Waals surface area contributed by atoms with E-state index in [1.807, 2.05) is 36.2 Å². The van der Waals surface area contributed by atoms with E-state index in [2.05, 4.69) is 10.4 Å². The topological polar surface area (TPSA) is 62.9 Å². The third-order valence-electron chi connectivity index (χ3n) is 2.62. The monoisotopic (exact) mass is 284 g/mol. The van der Waals surface area contributed by atoms with E-state index in [1.54, 1.807) is 7.11 Å². The fraction of sp³-hybridized carbons (Fsp3) is 0.462. The summed E-state index contributed by atoms with van der Waals surface area (Å²) in [5.41, 5.74) is 3.64. The molecule has 0 amide bonds. The average Bonchev–Trinajstić information content (AvgIpc) is 2.41. The van der Waals surface area contributed by atoms with Gasteiger partial charge in [-0.3, -0.25) is 10.4 Å². The third kappa shape index (κ3) is 5.46. The van der Waals surface area contributed by atoms with Crippen molar-refractivity contribution >= 4 is 17.6 Å². The molecule has 0 spiro atoms. The van der Waals surface area contributed by atoms with Gasteiger partial charge in [-0.15, -0.1) is 0 Å². The molecular weight excluding hydrogens is 264 g/mol. The number of ether oxygens (including phenoxy) is 1. The van der Waals surface area contributed by atoms with Crippen molar-refractivity contribution in [1.82, 2.24) is 10.3 Å². The van der Waals surface area contributed by atoms with Gasteiger partial charge in [0.15, 0.2) is 0 Å². The van der Waals surface area contributed by atoms with Gasteiger partial charge in [0.05, 0.1) is 0 Å². The summed E-state index contributed by atoms with van der Waals surface area (Å²) < 4.78 is 4.98. The highest BCUT2D eigenvalue weighted by Gasteiger charge is 2.07. The second kappa shape index (κ2) is 8.74. The van der Waals surface area contributed by atoms with E-state index in [9.17, 15) is 0 Å². The van der Waals surface area contributed by atoms with Crippen molar-refractivity contribution in [3.63, 3.8) is 0 Å². The van der Waals surface area contributed by atoms with Crippen LogP contribution in [0.15, 0.2) is 29.3 Å². The largest absolute Gasteiger partial charge is 0.385 e. The lowest BCUT2D eigenvalue weighted by atomic mass is 10.2. The van der Waals surface area contributed by atoms with Crippen LogP contribution in [0.3, 0.4) is 0 Å². The molecule has 0 aliphatic heterocycles. The number of hydrogen-bond donors (Lipinski definition) is 2. The summed E-state index contributed by atoms with van der Waals surface area (Å²) in [5, 5.41) is 0.741. The molecule has 1 rings (SSSR count). The lowest BCUT2D eigenvalue weighted by Crippen LogP contribution is -2.42. The number of rotatable bonds is 6. The molecule has 0 saturated carbocycles. The molecule has 1 aromatic carbocycles. The molecule has 0 heterocycles. The Morgan fingerprint density at radius 2 is 2.21 bits per heavy atom. The number of nitrogens with one attached hydrogen (secondary N) is 1. The lowest BCUT2D eigenvalue weighted by Gasteiger charge is -2.21. The highest BCUT2D eigenvalue weighted by Crippen LogP contribution is 2.16. The van der Waals surface area contributed by atoms with Crippen LogP contribution in [0.4, 0.5) is 0 Å². The van der Waals surface area contributed by atoms with E-state index in [1.165, 1.54) is 0 Å². The summed E-state index contributed by atoms with van der Waals surface area (Å²) >= 11 is 6.13. The van der Waals surface area contributed by atoms with Crippen molar-refractivity contribution < 1.29 is 4.74 Å². The fourth-order valence-corrected chi connectivity index (χ4v) is 1.82. The van der Waals surface area contributed by atoms with Crippen molar-refractivity contribution in [2.75, 3.05) is 27.3 Å². The minimum atomic E-state index is 0.635. The Bertz CT molecular complexity index is 411. The van der Waals surface area contributed by atoms with E-state index >= 15 is 0 Å². The highest BCUT2D eigenvalue weighted by atomic mass is 35.5. The first kappa shape index (κ1) is 15.8. The van der Waals surface area contributed by atoms with Gasteiger partial charge in [0, 0.05) is 38.9 Å². The number of benzene rings is 1. The standard InChI is InChI=1S/C13H21ClN4O/c1-18(10-11-6-3-4-7-12(11)14)13(17-15)16-8-5-9-19-2/h3-4,6-7H,5,8-10,15H2,1-2H3,(H,16,17). The van der Waals surface area contributed by atoms with Crippen LogP contribution in [0.1, 0.15) is 12.0 Å². The number of hydrogen-bond acceptors (Lipinski definition) is 3. The summed E-state index contributed by atoms with van der Waals surface area (Å²) in [6, 6.07) is 7.72. The predicted octanol–water partition coefficient (Wildman–Crippen LogP) is 1.63. The quantitative estimate of drug-likeness (QED) is 0.274. The van der Waals surface area contributed by atoms with E-state index in [-0.39, 0.29) is 0 Å². The summed E-state index contributed by atoms with van der Waals surface area (Å²) in [6.07, 6.45) is 0.863. The molecule has 3 N–H and O–H groups in total. The summed E-state index contributed by atoms with van der Waals surface area (Å²) in [7, 11) is 3.59. The van der Waals surface area contributed by atoms with Crippen LogP contribution in [-0.4, -0.2) is 38.2 Å². The smallest absolute Gasteiger partial charge is 0.208 e. The number of nitrogens with zero attached hydrogens (tertiary/aromatic N) is 2. The summed E-state index contributed by atoms with van der Waals surface area (Å²) in [6.45, 7) is 2.00. The fourth-order valence-electron chi connectivity index (χ4n) is 1.63. The minimum absolute atomic E-state index is 0.635. The zero-order valence-electron chi connectivity index (χ0n) is 11.4. The molecule has 1 aromatic rings. The predicted molar refractivity (Wildman–Crippen MR) is 79.0 cm³/mol. The Balaban J connectivity index is 2.58. The number of methoxy groups -OCH3 is 1. The van der Waals surface area contributed by atoms with Gasteiger partial charge in [-0.1, -0.05) is 29.8 Å². The van der Waals surface area contributed by atoms with Crippen LogP contribution >= 0.6 is 11.6 Å². The van der Waals surface area contributed by atoms with E-state index in [0.29, 0.717) is 25.7 Å². The molecule has 19 heavy (non-hydrogen) atoms. The van der Waals surface area contributed by atoms with E-state index < -0.39 is 0 Å². The first-order valence-electron chi connectivity index (χ1n) is 6.13. The van der Waals surface area contributed by atoms with Crippen LogP contribution in [0.5, 0.6) is 0 Å². The number of halogens is 1. The maximum absolute atomic E-state index is 6.13. The third-order valence-corrected chi connectivity index (χ3v) is 2.99. The van der Waals surface area contributed by atoms with E-state index in [4.69, 9.17) is 22.2 Å². The maximum atomic E-state index is 6.13. The van der Waals surface area contributed by atoms with Crippen molar-refractivity contribution in [3.8, 4) is 0 Å². The minimum Gasteiger partial charge on any atom is -0.385 e. The molecule has 0 fully saturated rings. The number of aliphatic imine (C=N–C) groups is 1. The highest BCUT2D eigenvalue weighted by molar-refractivity contribution is 6.31. The lowest BCUT2D eigenvalue weighted by molar-refractivity contribution is 0.197. The molecule has 106 valence electrons. The van der Waals surface area contributed by atoms with Crippen LogP contribution in [0, 0.1) is 0 Å². The van der Waals surface area contributed by atoms with Crippen molar-refractivity contribution in [2.45, 2.75) is 13.0 Å². The Morgan fingerprint density at radius 3 is 2.84 bits per heavy atom. The van der Waals surface area contributed by atoms with Crippen LogP contribution in [0.2, 0.25) is 5.02 Å². The van der Waals surface area contributed by atoms with Gasteiger partial charge in [0.25, 0.3) is 0 Å². The van der Waals surface area contributed by atoms with Crippen molar-refractivity contribution in [1.29, 1.82) is 0 Å². The van der Waals surface area contributed by atoms with Gasteiger partial charge in [-0.05, 0) is 18.1 Å². The van der Waals surface area contributed by atoms with E-state index in [0.717, 1.165) is 17.0 Å². The second-order valence-electron chi connectivity index (χ2n) is 4.14. The van der Waals surface area contributed by atoms with Crippen LogP contribution in [-0.2, 0) is 11.3 Å².